The first-order valence-electron chi connectivity index (χ1n) is 9.45. The van der Waals surface area contributed by atoms with Gasteiger partial charge in [-0.2, -0.15) is 0 Å². The Morgan fingerprint density at radius 1 is 1.41 bits per heavy atom. The standard InChI is InChI=1S/C22H20ClFN4O4/c1-10-19(29)15-7-13(24)6-14(21(15)32-20(10)12(8-25)9-26-3)11(2)27-16-4-5-17(23)28-18(16)22(30)31/h4-9,11,27H,25H2,1-3H3,(H,30,31)/b12-8+,26-9?. The van der Waals surface area contributed by atoms with Crippen LogP contribution in [0, 0.1) is 12.7 Å². The van der Waals surface area contributed by atoms with E-state index in [1.54, 1.807) is 20.9 Å². The average Bonchev–Trinajstić information content (AvgIpc) is 2.75. The zero-order chi connectivity index (χ0) is 23.6. The predicted octanol–water partition coefficient (Wildman–Crippen LogP) is 4.16. The molecule has 8 nitrogen and oxygen atoms in total. The number of benzene rings is 1. The molecule has 0 saturated heterocycles. The zero-order valence-corrected chi connectivity index (χ0v) is 18.2. The van der Waals surface area contributed by atoms with Crippen LogP contribution in [0.1, 0.15) is 40.3 Å². The molecule has 0 aliphatic rings. The average molecular weight is 459 g/mol. The van der Waals surface area contributed by atoms with Gasteiger partial charge < -0.3 is 20.6 Å². The van der Waals surface area contributed by atoms with Gasteiger partial charge in [0, 0.05) is 30.6 Å². The lowest BCUT2D eigenvalue weighted by Gasteiger charge is -2.19. The third-order valence-electron chi connectivity index (χ3n) is 4.82. The van der Waals surface area contributed by atoms with Gasteiger partial charge >= 0.3 is 5.97 Å². The highest BCUT2D eigenvalue weighted by Crippen LogP contribution is 2.31. The molecular formula is C22H20ClFN4O4. The molecular weight excluding hydrogens is 439 g/mol. The highest BCUT2D eigenvalue weighted by Gasteiger charge is 2.22. The van der Waals surface area contributed by atoms with Crippen molar-refractivity contribution in [3.05, 3.63) is 74.2 Å². The second-order valence-electron chi connectivity index (χ2n) is 6.97. The van der Waals surface area contributed by atoms with E-state index in [1.165, 1.54) is 30.6 Å². The number of nitrogens with zero attached hydrogens (tertiary/aromatic N) is 2. The Balaban J connectivity index is 2.21. The number of carbonyl (C=O) groups is 1. The van der Waals surface area contributed by atoms with E-state index in [9.17, 15) is 19.1 Å². The SMILES string of the molecule is CN=C/C(=C\N)c1oc2c(C(C)Nc3ccc(Cl)nc3C(=O)O)cc(F)cc2c(=O)c1C. The fourth-order valence-electron chi connectivity index (χ4n) is 3.32. The van der Waals surface area contributed by atoms with Crippen LogP contribution in [0.25, 0.3) is 16.5 Å². The van der Waals surface area contributed by atoms with Crippen molar-refractivity contribution < 1.29 is 18.7 Å². The Morgan fingerprint density at radius 3 is 2.75 bits per heavy atom. The summed E-state index contributed by atoms with van der Waals surface area (Å²) < 4.78 is 20.5. The lowest BCUT2D eigenvalue weighted by molar-refractivity contribution is 0.0691. The minimum absolute atomic E-state index is 0.0154. The first-order valence-corrected chi connectivity index (χ1v) is 9.83. The Kier molecular flexibility index (Phi) is 6.59. The van der Waals surface area contributed by atoms with Gasteiger partial charge in [0.05, 0.1) is 22.7 Å². The molecule has 0 fully saturated rings. The predicted molar refractivity (Wildman–Crippen MR) is 122 cm³/mol. The van der Waals surface area contributed by atoms with Gasteiger partial charge in [-0.25, -0.2) is 14.2 Å². The number of hydrogen-bond acceptors (Lipinski definition) is 7. The second-order valence-corrected chi connectivity index (χ2v) is 7.35. The van der Waals surface area contributed by atoms with Crippen molar-refractivity contribution >= 4 is 46.0 Å². The molecule has 0 aliphatic carbocycles. The Hall–Kier alpha value is -3.72. The van der Waals surface area contributed by atoms with E-state index in [-0.39, 0.29) is 38.8 Å². The molecule has 1 atom stereocenters. The summed E-state index contributed by atoms with van der Waals surface area (Å²) in [6, 6.07) is 4.52. The maximum Gasteiger partial charge on any atom is 0.356 e. The molecule has 10 heteroatoms. The van der Waals surface area contributed by atoms with Gasteiger partial charge in [-0.05, 0) is 38.1 Å². The molecule has 4 N–H and O–H groups in total. The smallest absolute Gasteiger partial charge is 0.356 e. The highest BCUT2D eigenvalue weighted by molar-refractivity contribution is 6.29. The van der Waals surface area contributed by atoms with E-state index in [0.29, 0.717) is 11.1 Å². The van der Waals surface area contributed by atoms with Crippen molar-refractivity contribution in [3.8, 4) is 0 Å². The summed E-state index contributed by atoms with van der Waals surface area (Å²) in [6.07, 6.45) is 2.70. The van der Waals surface area contributed by atoms with Gasteiger partial charge in [-0.15, -0.1) is 0 Å². The topological polar surface area (TPSA) is 131 Å². The molecule has 2 heterocycles. The van der Waals surface area contributed by atoms with Gasteiger partial charge in [-0.1, -0.05) is 11.6 Å². The van der Waals surface area contributed by atoms with Crippen LogP contribution in [0.4, 0.5) is 10.1 Å². The van der Waals surface area contributed by atoms with Gasteiger partial charge in [0.1, 0.15) is 22.3 Å². The van der Waals surface area contributed by atoms with Gasteiger partial charge in [0.15, 0.2) is 11.1 Å². The number of rotatable bonds is 6. The van der Waals surface area contributed by atoms with Crippen molar-refractivity contribution in [1.29, 1.82) is 0 Å². The molecule has 0 bridgehead atoms. The van der Waals surface area contributed by atoms with E-state index in [1.807, 2.05) is 0 Å². The number of hydrogen-bond donors (Lipinski definition) is 3. The van der Waals surface area contributed by atoms with Crippen LogP contribution in [0.2, 0.25) is 5.15 Å². The number of pyridine rings is 1. The van der Waals surface area contributed by atoms with Crippen LogP contribution in [-0.4, -0.2) is 29.3 Å². The molecule has 0 spiro atoms. The van der Waals surface area contributed by atoms with Crippen LogP contribution < -0.4 is 16.5 Å². The van der Waals surface area contributed by atoms with Crippen LogP contribution in [0.3, 0.4) is 0 Å². The number of halogens is 2. The summed E-state index contributed by atoms with van der Waals surface area (Å²) in [5.74, 6) is -1.72. The molecule has 1 unspecified atom stereocenters. The number of fused-ring (bicyclic) bond motifs is 1. The van der Waals surface area contributed by atoms with E-state index in [2.05, 4.69) is 15.3 Å². The van der Waals surface area contributed by atoms with Gasteiger partial charge in [0.25, 0.3) is 0 Å². The summed E-state index contributed by atoms with van der Waals surface area (Å²) in [4.78, 5) is 32.2. The third-order valence-corrected chi connectivity index (χ3v) is 5.04. The minimum atomic E-state index is -1.28. The lowest BCUT2D eigenvalue weighted by Crippen LogP contribution is -2.15. The normalized spacial score (nSPS) is 13.0. The molecule has 3 rings (SSSR count). The van der Waals surface area contributed by atoms with Crippen LogP contribution in [0.15, 0.2) is 44.7 Å². The maximum atomic E-state index is 14.4. The molecule has 32 heavy (non-hydrogen) atoms. The number of aromatic nitrogens is 1. The molecule has 0 amide bonds. The molecule has 0 saturated carbocycles. The van der Waals surface area contributed by atoms with Crippen molar-refractivity contribution in [2.24, 2.45) is 10.7 Å². The molecule has 1 aromatic carbocycles. The number of allylic oxidation sites excluding steroid dienone is 1. The highest BCUT2D eigenvalue weighted by atomic mass is 35.5. The van der Waals surface area contributed by atoms with Gasteiger partial charge in [-0.3, -0.25) is 9.79 Å². The van der Waals surface area contributed by atoms with Crippen LogP contribution in [0.5, 0.6) is 0 Å². The quantitative estimate of drug-likeness (QED) is 0.373. The van der Waals surface area contributed by atoms with E-state index >= 15 is 0 Å². The lowest BCUT2D eigenvalue weighted by atomic mass is 10.0. The van der Waals surface area contributed by atoms with Crippen molar-refractivity contribution in [2.45, 2.75) is 19.9 Å². The number of carboxylic acid groups (broad SMARTS) is 1. The summed E-state index contributed by atoms with van der Waals surface area (Å²) >= 11 is 5.80. The summed E-state index contributed by atoms with van der Waals surface area (Å²) in [5.41, 5.74) is 6.20. The maximum absolute atomic E-state index is 14.4. The summed E-state index contributed by atoms with van der Waals surface area (Å²) in [5, 5.41) is 12.5. The van der Waals surface area contributed by atoms with E-state index in [4.69, 9.17) is 21.8 Å². The first-order chi connectivity index (χ1) is 15.2. The second kappa shape index (κ2) is 9.19. The number of nitrogens with two attached hydrogens (primary N) is 1. The minimum Gasteiger partial charge on any atom is -0.476 e. The fourth-order valence-corrected chi connectivity index (χ4v) is 3.47. The molecule has 166 valence electrons. The molecule has 3 aromatic rings. The van der Waals surface area contributed by atoms with Crippen LogP contribution in [-0.2, 0) is 0 Å². The van der Waals surface area contributed by atoms with E-state index < -0.39 is 23.3 Å². The molecule has 0 aliphatic heterocycles. The Bertz CT molecular complexity index is 1330. The Labute approximate surface area is 187 Å². The van der Waals surface area contributed by atoms with Crippen molar-refractivity contribution in [1.82, 2.24) is 4.98 Å². The number of nitrogens with one attached hydrogen (secondary N) is 1. The largest absolute Gasteiger partial charge is 0.476 e. The number of anilines is 1. The van der Waals surface area contributed by atoms with Gasteiger partial charge in [0.2, 0.25) is 0 Å². The fraction of sp³-hybridized carbons (Fsp3) is 0.182. The van der Waals surface area contributed by atoms with Crippen molar-refractivity contribution in [2.75, 3.05) is 12.4 Å². The third kappa shape index (κ3) is 4.33. The monoisotopic (exact) mass is 458 g/mol. The first kappa shape index (κ1) is 23.0. The summed E-state index contributed by atoms with van der Waals surface area (Å²) in [6.45, 7) is 3.22. The zero-order valence-electron chi connectivity index (χ0n) is 17.4. The molecule has 0 radical (unpaired) electrons. The Morgan fingerprint density at radius 2 is 2.12 bits per heavy atom. The summed E-state index contributed by atoms with van der Waals surface area (Å²) in [7, 11) is 1.55. The number of carboxylic acids is 1. The van der Waals surface area contributed by atoms with Crippen molar-refractivity contribution in [3.63, 3.8) is 0 Å². The number of aromatic carboxylic acids is 1. The van der Waals surface area contributed by atoms with E-state index in [0.717, 1.165) is 6.07 Å². The number of aliphatic imine (C=N–C) groups is 1. The molecule has 2 aromatic heterocycles. The van der Waals surface area contributed by atoms with Crippen LogP contribution >= 0.6 is 11.6 Å².